The Morgan fingerprint density at radius 1 is 1.24 bits per heavy atom. The summed E-state index contributed by atoms with van der Waals surface area (Å²) in [5.74, 6) is -1.60. The normalized spacial score (nSPS) is 25.8. The van der Waals surface area contributed by atoms with Crippen LogP contribution in [0, 0.1) is 23.2 Å². The van der Waals surface area contributed by atoms with Crippen molar-refractivity contribution in [3.05, 3.63) is 0 Å². The third-order valence-electron chi connectivity index (χ3n) is 4.64. The topological polar surface area (TPSA) is 86.6 Å². The highest BCUT2D eigenvalue weighted by atomic mass is 16.4. The van der Waals surface area contributed by atoms with Crippen molar-refractivity contribution < 1.29 is 19.8 Å². The standard InChI is InChI=1S/C16H29NO4/c1-4-11-8-12(13(9-11)15(20)21)14(19)17-10-16(2,3)6-5-7-18/h11-13,18H,4-10H2,1-3H3,(H,17,19)(H,20,21). The fourth-order valence-corrected chi connectivity index (χ4v) is 3.14. The van der Waals surface area contributed by atoms with E-state index in [1.165, 1.54) is 0 Å². The third kappa shape index (κ3) is 5.30. The number of aliphatic carboxylic acids is 1. The number of carbonyl (C=O) groups is 2. The number of aliphatic hydroxyl groups excluding tert-OH is 1. The minimum atomic E-state index is -0.856. The molecule has 0 heterocycles. The maximum Gasteiger partial charge on any atom is 0.307 e. The summed E-state index contributed by atoms with van der Waals surface area (Å²) in [7, 11) is 0. The molecule has 1 fully saturated rings. The Balaban J connectivity index is 2.55. The van der Waals surface area contributed by atoms with Gasteiger partial charge in [0, 0.05) is 13.2 Å². The fraction of sp³-hybridized carbons (Fsp3) is 0.875. The van der Waals surface area contributed by atoms with Crippen LogP contribution in [-0.2, 0) is 9.59 Å². The Bertz CT molecular complexity index is 367. The first-order valence-electron chi connectivity index (χ1n) is 7.92. The van der Waals surface area contributed by atoms with Crippen LogP contribution >= 0.6 is 0 Å². The molecule has 3 atom stereocenters. The summed E-state index contributed by atoms with van der Waals surface area (Å²) >= 11 is 0. The second-order valence-corrected chi connectivity index (χ2v) is 7.01. The molecule has 0 radical (unpaired) electrons. The average molecular weight is 299 g/mol. The van der Waals surface area contributed by atoms with Gasteiger partial charge in [0.1, 0.15) is 0 Å². The summed E-state index contributed by atoms with van der Waals surface area (Å²) in [6, 6.07) is 0. The summed E-state index contributed by atoms with van der Waals surface area (Å²) in [5, 5.41) is 21.1. The largest absolute Gasteiger partial charge is 0.481 e. The van der Waals surface area contributed by atoms with Gasteiger partial charge in [-0.05, 0) is 37.0 Å². The predicted molar refractivity (Wildman–Crippen MR) is 80.7 cm³/mol. The van der Waals surface area contributed by atoms with Gasteiger partial charge in [0.05, 0.1) is 11.8 Å². The van der Waals surface area contributed by atoms with Gasteiger partial charge in [0.15, 0.2) is 0 Å². The molecule has 1 saturated carbocycles. The van der Waals surface area contributed by atoms with Crippen molar-refractivity contribution in [1.82, 2.24) is 5.32 Å². The first-order valence-corrected chi connectivity index (χ1v) is 7.92. The number of hydrogen-bond donors (Lipinski definition) is 3. The maximum absolute atomic E-state index is 12.3. The van der Waals surface area contributed by atoms with Gasteiger partial charge < -0.3 is 15.5 Å². The van der Waals surface area contributed by atoms with Crippen LogP contribution in [0.25, 0.3) is 0 Å². The molecule has 5 heteroatoms. The average Bonchev–Trinajstić information content (AvgIpc) is 2.87. The van der Waals surface area contributed by atoms with Crippen molar-refractivity contribution in [2.24, 2.45) is 23.2 Å². The van der Waals surface area contributed by atoms with Crippen molar-refractivity contribution in [2.45, 2.75) is 52.9 Å². The fourth-order valence-electron chi connectivity index (χ4n) is 3.14. The summed E-state index contributed by atoms with van der Waals surface area (Å²) in [6.07, 6.45) is 3.75. The summed E-state index contributed by atoms with van der Waals surface area (Å²) in [6.45, 7) is 6.80. The minimum Gasteiger partial charge on any atom is -0.481 e. The quantitative estimate of drug-likeness (QED) is 0.640. The van der Waals surface area contributed by atoms with Crippen LogP contribution in [0.3, 0.4) is 0 Å². The lowest BCUT2D eigenvalue weighted by atomic mass is 9.87. The highest BCUT2D eigenvalue weighted by Crippen LogP contribution is 2.38. The monoisotopic (exact) mass is 299 g/mol. The van der Waals surface area contributed by atoms with E-state index >= 15 is 0 Å². The van der Waals surface area contributed by atoms with Gasteiger partial charge in [-0.3, -0.25) is 9.59 Å². The van der Waals surface area contributed by atoms with Crippen molar-refractivity contribution in [1.29, 1.82) is 0 Å². The van der Waals surface area contributed by atoms with Gasteiger partial charge in [-0.15, -0.1) is 0 Å². The molecule has 122 valence electrons. The van der Waals surface area contributed by atoms with Crippen LogP contribution in [0.15, 0.2) is 0 Å². The molecular formula is C16H29NO4. The van der Waals surface area contributed by atoms with E-state index in [0.717, 1.165) is 12.8 Å². The SMILES string of the molecule is CCC1CC(C(=O)O)C(C(=O)NCC(C)(C)CCCO)C1. The van der Waals surface area contributed by atoms with Gasteiger partial charge in [0.2, 0.25) is 5.91 Å². The molecule has 0 aromatic heterocycles. The molecular weight excluding hydrogens is 270 g/mol. The predicted octanol–water partition coefficient (Wildman–Crippen LogP) is 2.04. The minimum absolute atomic E-state index is 0.0835. The molecule has 0 aromatic rings. The number of hydrogen-bond acceptors (Lipinski definition) is 3. The highest BCUT2D eigenvalue weighted by Gasteiger charge is 2.42. The van der Waals surface area contributed by atoms with Gasteiger partial charge in [-0.2, -0.15) is 0 Å². The number of carbonyl (C=O) groups excluding carboxylic acids is 1. The van der Waals surface area contributed by atoms with E-state index in [9.17, 15) is 14.7 Å². The van der Waals surface area contributed by atoms with Crippen LogP contribution < -0.4 is 5.32 Å². The van der Waals surface area contributed by atoms with Crippen molar-refractivity contribution in [2.75, 3.05) is 13.2 Å². The Labute approximate surface area is 127 Å². The van der Waals surface area contributed by atoms with Crippen LogP contribution in [0.2, 0.25) is 0 Å². The Morgan fingerprint density at radius 2 is 1.86 bits per heavy atom. The second kappa shape index (κ2) is 7.78. The van der Waals surface area contributed by atoms with Crippen LogP contribution in [0.4, 0.5) is 0 Å². The summed E-state index contributed by atoms with van der Waals surface area (Å²) in [5.41, 5.74) is -0.0835. The number of carboxylic acid groups (broad SMARTS) is 1. The third-order valence-corrected chi connectivity index (χ3v) is 4.64. The van der Waals surface area contributed by atoms with E-state index in [4.69, 9.17) is 5.11 Å². The molecule has 0 aromatic carbocycles. The molecule has 1 rings (SSSR count). The smallest absolute Gasteiger partial charge is 0.307 e. The molecule has 1 aliphatic rings. The molecule has 0 saturated heterocycles. The van der Waals surface area contributed by atoms with Crippen molar-refractivity contribution in [3.8, 4) is 0 Å². The zero-order valence-electron chi connectivity index (χ0n) is 13.4. The van der Waals surface area contributed by atoms with Gasteiger partial charge in [-0.25, -0.2) is 0 Å². The molecule has 5 nitrogen and oxygen atoms in total. The number of carboxylic acids is 1. The Morgan fingerprint density at radius 3 is 2.38 bits per heavy atom. The molecule has 0 bridgehead atoms. The number of aliphatic hydroxyl groups is 1. The number of nitrogens with one attached hydrogen (secondary N) is 1. The second-order valence-electron chi connectivity index (χ2n) is 7.01. The molecule has 3 unspecified atom stereocenters. The van der Waals surface area contributed by atoms with E-state index in [1.807, 2.05) is 20.8 Å². The zero-order valence-corrected chi connectivity index (χ0v) is 13.4. The van der Waals surface area contributed by atoms with E-state index in [2.05, 4.69) is 5.32 Å². The molecule has 0 spiro atoms. The molecule has 1 amide bonds. The lowest BCUT2D eigenvalue weighted by Crippen LogP contribution is -2.40. The van der Waals surface area contributed by atoms with Gasteiger partial charge in [-0.1, -0.05) is 27.2 Å². The Kier molecular flexibility index (Phi) is 6.65. The molecule has 3 N–H and O–H groups in total. The van der Waals surface area contributed by atoms with Crippen LogP contribution in [0.5, 0.6) is 0 Å². The van der Waals surface area contributed by atoms with Gasteiger partial charge >= 0.3 is 5.97 Å². The first kappa shape index (κ1) is 18.0. The lowest BCUT2D eigenvalue weighted by molar-refractivity contribution is -0.146. The van der Waals surface area contributed by atoms with Gasteiger partial charge in [0.25, 0.3) is 0 Å². The van der Waals surface area contributed by atoms with Crippen LogP contribution in [-0.4, -0.2) is 35.2 Å². The molecule has 21 heavy (non-hydrogen) atoms. The van der Waals surface area contributed by atoms with Crippen molar-refractivity contribution in [3.63, 3.8) is 0 Å². The summed E-state index contributed by atoms with van der Waals surface area (Å²) < 4.78 is 0. The number of amides is 1. The Hall–Kier alpha value is -1.10. The molecule has 0 aliphatic heterocycles. The molecule has 1 aliphatic carbocycles. The summed E-state index contributed by atoms with van der Waals surface area (Å²) in [4.78, 5) is 23.6. The lowest BCUT2D eigenvalue weighted by Gasteiger charge is -2.26. The first-order chi connectivity index (χ1) is 9.80. The van der Waals surface area contributed by atoms with E-state index in [0.29, 0.717) is 31.7 Å². The van der Waals surface area contributed by atoms with Crippen LogP contribution in [0.1, 0.15) is 52.9 Å². The van der Waals surface area contributed by atoms with E-state index < -0.39 is 17.8 Å². The zero-order chi connectivity index (χ0) is 16.0. The van der Waals surface area contributed by atoms with E-state index in [-0.39, 0.29) is 17.9 Å². The number of rotatable bonds is 8. The van der Waals surface area contributed by atoms with E-state index in [1.54, 1.807) is 0 Å². The van der Waals surface area contributed by atoms with Crippen molar-refractivity contribution >= 4 is 11.9 Å². The maximum atomic E-state index is 12.3. The highest BCUT2D eigenvalue weighted by molar-refractivity contribution is 5.85.